The van der Waals surface area contributed by atoms with Crippen molar-refractivity contribution in [3.8, 4) is 5.75 Å². The molecule has 1 unspecified atom stereocenters. The maximum atomic E-state index is 11.9. The van der Waals surface area contributed by atoms with Crippen LogP contribution in [0, 0.1) is 0 Å². The van der Waals surface area contributed by atoms with Gasteiger partial charge in [-0.3, -0.25) is 19.5 Å². The summed E-state index contributed by atoms with van der Waals surface area (Å²) in [6.45, 7) is -0.564. The summed E-state index contributed by atoms with van der Waals surface area (Å²) in [5, 5.41) is 10.9. The van der Waals surface area contributed by atoms with Gasteiger partial charge in [0.05, 0.1) is 12.4 Å². The smallest absolute Gasteiger partial charge is 0.224 e. The molecule has 0 saturated carbocycles. The fourth-order valence-electron chi connectivity index (χ4n) is 1.81. The molecular weight excluding hydrogens is 271 g/mol. The van der Waals surface area contributed by atoms with Crippen molar-refractivity contribution in [1.29, 1.82) is 0 Å². The van der Waals surface area contributed by atoms with Crippen molar-refractivity contribution in [2.75, 3.05) is 26.4 Å². The molecule has 0 aliphatic carbocycles. The largest absolute Gasteiger partial charge is 0.494 e. The molecule has 1 heterocycles. The van der Waals surface area contributed by atoms with E-state index in [1.807, 2.05) is 18.2 Å². The second kappa shape index (κ2) is 6.58. The van der Waals surface area contributed by atoms with Crippen LogP contribution >= 0.6 is 8.03 Å². The Balaban J connectivity index is 0.00000180. The zero-order valence-electron chi connectivity index (χ0n) is 10.6. The summed E-state index contributed by atoms with van der Waals surface area (Å²) in [5.41, 5.74) is 4.59. The minimum absolute atomic E-state index is 0. The molecule has 1 aromatic carbocycles. The van der Waals surface area contributed by atoms with Crippen LogP contribution in [0.2, 0.25) is 0 Å². The number of hydrazine groups is 1. The van der Waals surface area contributed by atoms with E-state index in [-0.39, 0.29) is 5.48 Å². The Bertz CT molecular complexity index is 506. The van der Waals surface area contributed by atoms with Crippen molar-refractivity contribution in [2.45, 2.75) is 0 Å². The molecule has 1 atom stereocenters. The van der Waals surface area contributed by atoms with Gasteiger partial charge >= 0.3 is 0 Å². The van der Waals surface area contributed by atoms with Crippen molar-refractivity contribution >= 4 is 19.0 Å². The summed E-state index contributed by atoms with van der Waals surface area (Å²) >= 11 is 0. The normalized spacial score (nSPS) is 14.7. The van der Waals surface area contributed by atoms with Crippen LogP contribution in [0.4, 0.5) is 5.69 Å². The summed E-state index contributed by atoms with van der Waals surface area (Å²) < 4.78 is 22.0. The Morgan fingerprint density at radius 1 is 1.47 bits per heavy atom. The summed E-state index contributed by atoms with van der Waals surface area (Å²) in [7, 11) is 0.867. The Morgan fingerprint density at radius 2 is 2.21 bits per heavy atom. The highest BCUT2D eigenvalue weighted by atomic mass is 31.1. The average Bonchev–Trinajstić information content (AvgIpc) is 2.37. The van der Waals surface area contributed by atoms with E-state index in [0.29, 0.717) is 11.1 Å². The fourth-order valence-corrected chi connectivity index (χ4v) is 2.81. The Kier molecular flexibility index (Phi) is 5.38. The maximum absolute atomic E-state index is 11.9. The lowest BCUT2D eigenvalue weighted by Gasteiger charge is -2.28. The molecule has 4 N–H and O–H groups in total. The number of methoxy groups -OCH3 is 1. The topological polar surface area (TPSA) is 103 Å². The maximum Gasteiger partial charge on any atom is 0.224 e. The van der Waals surface area contributed by atoms with E-state index in [1.165, 1.54) is 0 Å². The molecule has 7 nitrogen and oxygen atoms in total. The molecule has 19 heavy (non-hydrogen) atoms. The minimum Gasteiger partial charge on any atom is -0.494 e. The highest BCUT2D eigenvalue weighted by Crippen LogP contribution is 2.47. The summed E-state index contributed by atoms with van der Waals surface area (Å²) in [5.74, 6) is 0.656. The number of rotatable bonds is 4. The van der Waals surface area contributed by atoms with Gasteiger partial charge in [0.25, 0.3) is 0 Å². The van der Waals surface area contributed by atoms with E-state index in [0.717, 1.165) is 11.3 Å². The van der Waals surface area contributed by atoms with Crippen LogP contribution in [-0.2, 0) is 9.09 Å². The number of benzene rings is 1. The first-order chi connectivity index (χ1) is 8.67. The SMILES string of the molecule is COc1cccc2c1NN(C)C=C2[PH](=O)OCO.O. The van der Waals surface area contributed by atoms with Crippen LogP contribution in [0.1, 0.15) is 5.56 Å². The molecule has 0 bridgehead atoms. The summed E-state index contributed by atoms with van der Waals surface area (Å²) in [6, 6.07) is 5.45. The third-order valence-corrected chi connectivity index (χ3v) is 3.79. The molecule has 0 spiro atoms. The second-order valence-electron chi connectivity index (χ2n) is 3.71. The van der Waals surface area contributed by atoms with E-state index in [2.05, 4.69) is 5.43 Å². The van der Waals surface area contributed by atoms with Crippen molar-refractivity contribution in [3.05, 3.63) is 30.0 Å². The van der Waals surface area contributed by atoms with E-state index in [4.69, 9.17) is 14.4 Å². The predicted octanol–water partition coefficient (Wildman–Crippen LogP) is 0.882. The summed E-state index contributed by atoms with van der Waals surface area (Å²) in [6.07, 6.45) is 1.68. The van der Waals surface area contributed by atoms with E-state index < -0.39 is 14.8 Å². The fraction of sp³-hybridized carbons (Fsp3) is 0.273. The molecule has 106 valence electrons. The molecular formula is C11H17N2O5P. The minimum atomic E-state index is -2.49. The lowest BCUT2D eigenvalue weighted by molar-refractivity contribution is 0.109. The highest BCUT2D eigenvalue weighted by molar-refractivity contribution is 7.51. The number of para-hydroxylation sites is 1. The van der Waals surface area contributed by atoms with Crippen LogP contribution in [0.15, 0.2) is 24.4 Å². The number of nitrogens with zero attached hydrogens (tertiary/aromatic N) is 1. The monoisotopic (exact) mass is 288 g/mol. The van der Waals surface area contributed by atoms with Gasteiger partial charge in [-0.25, -0.2) is 0 Å². The van der Waals surface area contributed by atoms with Crippen molar-refractivity contribution in [3.63, 3.8) is 0 Å². The van der Waals surface area contributed by atoms with Crippen LogP contribution in [0.5, 0.6) is 5.75 Å². The molecule has 1 aromatic rings. The van der Waals surface area contributed by atoms with Crippen molar-refractivity contribution in [1.82, 2.24) is 5.01 Å². The predicted molar refractivity (Wildman–Crippen MR) is 73.1 cm³/mol. The van der Waals surface area contributed by atoms with Crippen molar-refractivity contribution in [2.24, 2.45) is 0 Å². The number of fused-ring (bicyclic) bond motifs is 1. The lowest BCUT2D eigenvalue weighted by Crippen LogP contribution is -2.23. The zero-order valence-corrected chi connectivity index (χ0v) is 11.6. The molecule has 0 aromatic heterocycles. The molecule has 0 fully saturated rings. The Labute approximate surface area is 111 Å². The number of hydrogen-bond donors (Lipinski definition) is 2. The van der Waals surface area contributed by atoms with Crippen LogP contribution in [-0.4, -0.2) is 36.5 Å². The number of nitrogens with one attached hydrogen (secondary N) is 1. The van der Waals surface area contributed by atoms with Gasteiger partial charge in [-0.2, -0.15) is 0 Å². The number of ether oxygens (including phenoxy) is 1. The van der Waals surface area contributed by atoms with Gasteiger partial charge in [-0.1, -0.05) is 12.1 Å². The van der Waals surface area contributed by atoms with Gasteiger partial charge in [-0.05, 0) is 6.07 Å². The van der Waals surface area contributed by atoms with Gasteiger partial charge in [-0.15, -0.1) is 0 Å². The van der Waals surface area contributed by atoms with E-state index in [1.54, 1.807) is 25.4 Å². The van der Waals surface area contributed by atoms with Gasteiger partial charge in [0.15, 0.2) is 6.79 Å². The standard InChI is InChI=1S/C11H15N2O4P.H2O/c1-13-6-10(18(15)17-7-14)8-4-3-5-9(16-2)11(8)12-13;/h3-6,12,14,18H,7H2,1-2H3;1H2. The third-order valence-electron chi connectivity index (χ3n) is 2.56. The van der Waals surface area contributed by atoms with E-state index in [9.17, 15) is 4.57 Å². The van der Waals surface area contributed by atoms with Gasteiger partial charge in [0.1, 0.15) is 11.4 Å². The molecule has 8 heteroatoms. The van der Waals surface area contributed by atoms with Crippen LogP contribution in [0.3, 0.4) is 0 Å². The van der Waals surface area contributed by atoms with Gasteiger partial charge in [0, 0.05) is 18.8 Å². The first-order valence-corrected chi connectivity index (χ1v) is 6.65. The van der Waals surface area contributed by atoms with Crippen LogP contribution < -0.4 is 10.2 Å². The lowest BCUT2D eigenvalue weighted by atomic mass is 10.1. The first-order valence-electron chi connectivity index (χ1n) is 5.34. The average molecular weight is 288 g/mol. The number of aliphatic hydroxyl groups excluding tert-OH is 1. The van der Waals surface area contributed by atoms with Gasteiger partial charge < -0.3 is 15.3 Å². The Morgan fingerprint density at radius 3 is 2.84 bits per heavy atom. The molecule has 1 aliphatic rings. The Hall–Kier alpha value is -1.53. The molecule has 1 aliphatic heterocycles. The molecule has 0 saturated heterocycles. The molecule has 0 radical (unpaired) electrons. The number of hydrogen-bond acceptors (Lipinski definition) is 6. The third kappa shape index (κ3) is 3.08. The summed E-state index contributed by atoms with van der Waals surface area (Å²) in [4.78, 5) is 0. The van der Waals surface area contributed by atoms with Crippen LogP contribution in [0.25, 0.3) is 5.31 Å². The van der Waals surface area contributed by atoms with Crippen molar-refractivity contribution < 1.29 is 24.4 Å². The number of aliphatic hydroxyl groups is 1. The molecule has 0 amide bonds. The first kappa shape index (κ1) is 15.5. The van der Waals surface area contributed by atoms with E-state index >= 15 is 0 Å². The molecule has 2 rings (SSSR count). The highest BCUT2D eigenvalue weighted by Gasteiger charge is 2.22. The zero-order chi connectivity index (χ0) is 13.1. The number of anilines is 1. The quantitative estimate of drug-likeness (QED) is 0.630. The van der Waals surface area contributed by atoms with Gasteiger partial charge in [0.2, 0.25) is 8.03 Å². The second-order valence-corrected chi connectivity index (χ2v) is 5.11.